The van der Waals surface area contributed by atoms with Gasteiger partial charge < -0.3 is 5.32 Å². The predicted molar refractivity (Wildman–Crippen MR) is 120 cm³/mol. The lowest BCUT2D eigenvalue weighted by Crippen LogP contribution is -2.28. The first-order valence-corrected chi connectivity index (χ1v) is 10.4. The fourth-order valence-electron chi connectivity index (χ4n) is 3.55. The molecule has 0 heterocycles. The van der Waals surface area contributed by atoms with E-state index in [4.69, 9.17) is 11.6 Å². The number of nitrogens with one attached hydrogen (secondary N) is 1. The number of aryl methyl sites for hydroxylation is 1. The third-order valence-corrected chi connectivity index (χ3v) is 5.65. The molecule has 154 valence electrons. The average Bonchev–Trinajstić information content (AvgIpc) is 2.82. The smallest absolute Gasteiger partial charge is 0.211 e. The summed E-state index contributed by atoms with van der Waals surface area (Å²) in [5.41, 5.74) is 3.43. The van der Waals surface area contributed by atoms with Crippen molar-refractivity contribution in [3.8, 4) is 0 Å². The Hall–Kier alpha value is -3.50. The normalized spacial score (nSPS) is 13.2. The maximum Gasteiger partial charge on any atom is 0.211 e. The van der Waals surface area contributed by atoms with Crippen molar-refractivity contribution in [2.75, 3.05) is 0 Å². The Morgan fingerprint density at radius 1 is 0.742 bits per heavy atom. The van der Waals surface area contributed by atoms with Gasteiger partial charge in [0.1, 0.15) is 10.7 Å². The van der Waals surface area contributed by atoms with Crippen LogP contribution in [0.25, 0.3) is 0 Å². The van der Waals surface area contributed by atoms with Crippen LogP contribution in [0.2, 0.25) is 0 Å². The summed E-state index contributed by atoms with van der Waals surface area (Å²) >= 11 is 6.18. The number of rotatable bonds is 7. The van der Waals surface area contributed by atoms with Crippen molar-refractivity contribution in [3.05, 3.63) is 117 Å². The van der Waals surface area contributed by atoms with Crippen LogP contribution in [-0.2, 0) is 13.0 Å². The minimum Gasteiger partial charge on any atom is -0.376 e. The van der Waals surface area contributed by atoms with E-state index >= 15 is 0 Å². The number of hydrogen-bond donors (Lipinski definition) is 1. The molecular formula is C26H20ClNO3. The van der Waals surface area contributed by atoms with Crippen LogP contribution in [0, 0.1) is 0 Å². The first-order valence-electron chi connectivity index (χ1n) is 10.0. The molecule has 0 aromatic heterocycles. The number of ketones is 3. The summed E-state index contributed by atoms with van der Waals surface area (Å²) in [6.07, 6.45) is 1.15. The molecule has 0 saturated heterocycles. The van der Waals surface area contributed by atoms with Crippen LogP contribution < -0.4 is 5.32 Å². The van der Waals surface area contributed by atoms with E-state index < -0.39 is 0 Å². The molecule has 3 aromatic rings. The molecule has 0 aliphatic heterocycles. The molecular weight excluding hydrogens is 410 g/mol. The molecule has 0 unspecified atom stereocenters. The molecule has 0 fully saturated rings. The Morgan fingerprint density at radius 3 is 2.03 bits per heavy atom. The third kappa shape index (κ3) is 4.49. The molecule has 0 radical (unpaired) electrons. The highest BCUT2D eigenvalue weighted by atomic mass is 35.5. The van der Waals surface area contributed by atoms with Crippen LogP contribution in [0.1, 0.15) is 48.6 Å². The minimum absolute atomic E-state index is 0.0822. The van der Waals surface area contributed by atoms with Crippen molar-refractivity contribution >= 4 is 29.0 Å². The Bertz CT molecular complexity index is 1180. The van der Waals surface area contributed by atoms with E-state index in [1.54, 1.807) is 36.4 Å². The Balaban J connectivity index is 1.39. The number of carbonyl (C=O) groups is 3. The van der Waals surface area contributed by atoms with Gasteiger partial charge in [0.25, 0.3) is 0 Å². The van der Waals surface area contributed by atoms with Gasteiger partial charge in [-0.05, 0) is 17.5 Å². The van der Waals surface area contributed by atoms with E-state index in [-0.39, 0.29) is 28.1 Å². The van der Waals surface area contributed by atoms with Gasteiger partial charge in [0.05, 0.1) is 0 Å². The molecule has 1 aliphatic rings. The van der Waals surface area contributed by atoms with Gasteiger partial charge in [-0.1, -0.05) is 90.5 Å². The second-order valence-corrected chi connectivity index (χ2v) is 7.73. The summed E-state index contributed by atoms with van der Waals surface area (Å²) < 4.78 is 0. The highest BCUT2D eigenvalue weighted by Gasteiger charge is 2.30. The lowest BCUT2D eigenvalue weighted by atomic mass is 9.92. The van der Waals surface area contributed by atoms with Crippen LogP contribution in [-0.4, -0.2) is 17.3 Å². The zero-order valence-electron chi connectivity index (χ0n) is 16.7. The highest BCUT2D eigenvalue weighted by molar-refractivity contribution is 6.49. The summed E-state index contributed by atoms with van der Waals surface area (Å²) in [4.78, 5) is 37.6. The monoisotopic (exact) mass is 429 g/mol. The predicted octanol–water partition coefficient (Wildman–Crippen LogP) is 5.12. The van der Waals surface area contributed by atoms with E-state index in [0.717, 1.165) is 11.1 Å². The van der Waals surface area contributed by atoms with Crippen LogP contribution >= 0.6 is 11.6 Å². The number of fused-ring (bicyclic) bond motifs is 1. The van der Waals surface area contributed by atoms with E-state index in [9.17, 15) is 14.4 Å². The molecule has 3 aromatic carbocycles. The number of hydrogen-bond acceptors (Lipinski definition) is 4. The SMILES string of the molecule is O=C(CCc1ccccc1)c1ccc(CNC2=C(Cl)C(=O)c3ccccc3C2=O)cc1. The van der Waals surface area contributed by atoms with E-state index in [1.165, 1.54) is 0 Å². The summed E-state index contributed by atoms with van der Waals surface area (Å²) in [7, 11) is 0. The van der Waals surface area contributed by atoms with Gasteiger partial charge in [-0.15, -0.1) is 0 Å². The van der Waals surface area contributed by atoms with Gasteiger partial charge in [0, 0.05) is 29.7 Å². The quantitative estimate of drug-likeness (QED) is 0.529. The third-order valence-electron chi connectivity index (χ3n) is 5.29. The lowest BCUT2D eigenvalue weighted by molar-refractivity contribution is 0.0974. The average molecular weight is 430 g/mol. The number of halogens is 1. The fourth-order valence-corrected chi connectivity index (χ4v) is 3.80. The first-order chi connectivity index (χ1) is 15.0. The molecule has 0 bridgehead atoms. The van der Waals surface area contributed by atoms with Crippen molar-refractivity contribution in [1.82, 2.24) is 5.32 Å². The number of carbonyl (C=O) groups excluding carboxylic acids is 3. The molecule has 31 heavy (non-hydrogen) atoms. The number of allylic oxidation sites excluding steroid dienone is 2. The van der Waals surface area contributed by atoms with Crippen LogP contribution in [0.4, 0.5) is 0 Å². The topological polar surface area (TPSA) is 63.2 Å². The zero-order chi connectivity index (χ0) is 21.8. The number of benzene rings is 3. The van der Waals surface area contributed by atoms with E-state index in [0.29, 0.717) is 36.1 Å². The molecule has 0 saturated carbocycles. The summed E-state index contributed by atoms with van der Waals surface area (Å²) in [5, 5.41) is 2.90. The second kappa shape index (κ2) is 9.11. The summed E-state index contributed by atoms with van der Waals surface area (Å²) in [6, 6.07) is 23.8. The molecule has 0 atom stereocenters. The molecule has 1 aliphatic carbocycles. The Kier molecular flexibility index (Phi) is 6.10. The van der Waals surface area contributed by atoms with Gasteiger partial charge in [-0.3, -0.25) is 14.4 Å². The zero-order valence-corrected chi connectivity index (χ0v) is 17.5. The highest BCUT2D eigenvalue weighted by Crippen LogP contribution is 2.27. The van der Waals surface area contributed by atoms with E-state index in [1.807, 2.05) is 42.5 Å². The summed E-state index contributed by atoms with van der Waals surface area (Å²) in [6.45, 7) is 0.311. The van der Waals surface area contributed by atoms with Gasteiger partial charge >= 0.3 is 0 Å². The van der Waals surface area contributed by atoms with Crippen molar-refractivity contribution in [2.45, 2.75) is 19.4 Å². The van der Waals surface area contributed by atoms with Gasteiger partial charge in [-0.25, -0.2) is 0 Å². The standard InChI is InChI=1S/C26H20ClNO3/c27-23-24(26(31)21-9-5-4-8-20(21)25(23)30)28-16-18-10-13-19(14-11-18)22(29)15-12-17-6-2-1-3-7-17/h1-11,13-14,28H,12,15-16H2. The van der Waals surface area contributed by atoms with Gasteiger partial charge in [-0.2, -0.15) is 0 Å². The van der Waals surface area contributed by atoms with Crippen LogP contribution in [0.3, 0.4) is 0 Å². The van der Waals surface area contributed by atoms with Gasteiger partial charge in [0.2, 0.25) is 11.6 Å². The van der Waals surface area contributed by atoms with Crippen LogP contribution in [0.15, 0.2) is 89.6 Å². The number of Topliss-reactive ketones (excluding diaryl/α,β-unsaturated/α-hetero) is 3. The first kappa shape index (κ1) is 20.8. The Labute approximate surface area is 185 Å². The van der Waals surface area contributed by atoms with E-state index in [2.05, 4.69) is 5.32 Å². The fraction of sp³-hybridized carbons (Fsp3) is 0.115. The van der Waals surface area contributed by atoms with Crippen molar-refractivity contribution in [1.29, 1.82) is 0 Å². The molecule has 4 rings (SSSR count). The minimum atomic E-state index is -0.362. The lowest BCUT2D eigenvalue weighted by Gasteiger charge is -2.19. The molecule has 5 heteroatoms. The molecule has 0 spiro atoms. The maximum absolute atomic E-state index is 12.7. The van der Waals surface area contributed by atoms with Crippen LogP contribution in [0.5, 0.6) is 0 Å². The van der Waals surface area contributed by atoms with Crippen molar-refractivity contribution in [3.63, 3.8) is 0 Å². The molecule has 1 N–H and O–H groups in total. The molecule has 4 nitrogen and oxygen atoms in total. The van der Waals surface area contributed by atoms with Crippen molar-refractivity contribution < 1.29 is 14.4 Å². The van der Waals surface area contributed by atoms with Gasteiger partial charge in [0.15, 0.2) is 5.78 Å². The van der Waals surface area contributed by atoms with Crippen molar-refractivity contribution in [2.24, 2.45) is 0 Å². The summed E-state index contributed by atoms with van der Waals surface area (Å²) in [5.74, 6) is -0.578. The molecule has 0 amide bonds. The largest absolute Gasteiger partial charge is 0.376 e. The Morgan fingerprint density at radius 2 is 1.35 bits per heavy atom. The maximum atomic E-state index is 12.7. The second-order valence-electron chi connectivity index (χ2n) is 7.35.